The van der Waals surface area contributed by atoms with Crippen LogP contribution in [0, 0.1) is 0 Å². The highest BCUT2D eigenvalue weighted by Crippen LogP contribution is 2.34. The molecule has 1 atom stereocenters. The molecule has 2 aromatic carbocycles. The second-order valence-corrected chi connectivity index (χ2v) is 8.81. The van der Waals surface area contributed by atoms with Crippen LogP contribution in [-0.4, -0.2) is 71.5 Å². The van der Waals surface area contributed by atoms with Crippen LogP contribution < -0.4 is 4.74 Å². The number of rotatable bonds is 6. The molecule has 33 heavy (non-hydrogen) atoms. The molecule has 0 aliphatic carbocycles. The zero-order valence-corrected chi connectivity index (χ0v) is 20.1. The fourth-order valence-electron chi connectivity index (χ4n) is 4.05. The van der Waals surface area contributed by atoms with E-state index in [2.05, 4.69) is 21.0 Å². The third-order valence-corrected chi connectivity index (χ3v) is 6.48. The lowest BCUT2D eigenvalue weighted by Crippen LogP contribution is -2.56. The predicted molar refractivity (Wildman–Crippen MR) is 127 cm³/mol. The molecule has 1 unspecified atom stereocenters. The standard InChI is InChI=1S/C24H25BrN4O4/c1-3-27-12-13-28(24(32)23(27)31)15-22(30)29-21(17-6-10-19(33-2)11-7-17)14-20(26-29)16-4-8-18(25)9-5-16/h4-11,21H,3,12-15H2,1-2H3. The number of piperazine rings is 1. The van der Waals surface area contributed by atoms with Crippen molar-refractivity contribution in [2.24, 2.45) is 5.10 Å². The van der Waals surface area contributed by atoms with E-state index in [1.807, 2.05) is 55.5 Å². The van der Waals surface area contributed by atoms with E-state index >= 15 is 0 Å². The zero-order chi connectivity index (χ0) is 23.5. The normalized spacial score (nSPS) is 18.6. The summed E-state index contributed by atoms with van der Waals surface area (Å²) in [7, 11) is 1.60. The molecule has 0 saturated carbocycles. The largest absolute Gasteiger partial charge is 0.497 e. The summed E-state index contributed by atoms with van der Waals surface area (Å²) < 4.78 is 6.21. The topological polar surface area (TPSA) is 82.5 Å². The maximum absolute atomic E-state index is 13.3. The summed E-state index contributed by atoms with van der Waals surface area (Å²) in [4.78, 5) is 40.9. The molecule has 1 fully saturated rings. The van der Waals surface area contributed by atoms with Crippen LogP contribution >= 0.6 is 15.9 Å². The van der Waals surface area contributed by atoms with Gasteiger partial charge in [0.15, 0.2) is 0 Å². The molecule has 0 spiro atoms. The van der Waals surface area contributed by atoms with Crippen molar-refractivity contribution in [3.05, 3.63) is 64.1 Å². The lowest BCUT2D eigenvalue weighted by molar-refractivity contribution is -0.157. The number of ether oxygens (including phenoxy) is 1. The van der Waals surface area contributed by atoms with Gasteiger partial charge in [0.2, 0.25) is 0 Å². The van der Waals surface area contributed by atoms with Gasteiger partial charge in [0.1, 0.15) is 12.3 Å². The summed E-state index contributed by atoms with van der Waals surface area (Å²) in [6, 6.07) is 15.0. The number of likely N-dealkylation sites (N-methyl/N-ethyl adjacent to an activating group) is 1. The summed E-state index contributed by atoms with van der Waals surface area (Å²) in [6.07, 6.45) is 0.538. The zero-order valence-electron chi connectivity index (χ0n) is 18.5. The molecule has 0 N–H and O–H groups in total. The molecular weight excluding hydrogens is 488 g/mol. The maximum Gasteiger partial charge on any atom is 0.312 e. The van der Waals surface area contributed by atoms with Crippen molar-refractivity contribution in [3.63, 3.8) is 0 Å². The van der Waals surface area contributed by atoms with Crippen molar-refractivity contribution in [1.82, 2.24) is 14.8 Å². The molecular formula is C24H25BrN4O4. The Bertz CT molecular complexity index is 1080. The summed E-state index contributed by atoms with van der Waals surface area (Å²) in [5, 5.41) is 6.10. The van der Waals surface area contributed by atoms with Gasteiger partial charge in [-0.1, -0.05) is 40.2 Å². The van der Waals surface area contributed by atoms with Crippen LogP contribution in [-0.2, 0) is 14.4 Å². The van der Waals surface area contributed by atoms with Crippen molar-refractivity contribution in [2.75, 3.05) is 33.3 Å². The van der Waals surface area contributed by atoms with E-state index in [9.17, 15) is 14.4 Å². The number of carbonyl (C=O) groups is 3. The number of methoxy groups -OCH3 is 1. The first-order chi connectivity index (χ1) is 15.9. The van der Waals surface area contributed by atoms with Crippen LogP contribution in [0.3, 0.4) is 0 Å². The van der Waals surface area contributed by atoms with E-state index in [0.29, 0.717) is 26.1 Å². The van der Waals surface area contributed by atoms with Crippen molar-refractivity contribution in [2.45, 2.75) is 19.4 Å². The maximum atomic E-state index is 13.3. The van der Waals surface area contributed by atoms with Gasteiger partial charge in [0.25, 0.3) is 5.91 Å². The Kier molecular flexibility index (Phi) is 6.78. The van der Waals surface area contributed by atoms with Crippen LogP contribution in [0.1, 0.15) is 30.5 Å². The van der Waals surface area contributed by atoms with E-state index in [0.717, 1.165) is 27.1 Å². The first kappa shape index (κ1) is 23.0. The molecule has 2 aromatic rings. The van der Waals surface area contributed by atoms with E-state index < -0.39 is 11.8 Å². The van der Waals surface area contributed by atoms with Gasteiger partial charge >= 0.3 is 11.8 Å². The third kappa shape index (κ3) is 4.78. The fraction of sp³-hybridized carbons (Fsp3) is 0.333. The molecule has 3 amide bonds. The van der Waals surface area contributed by atoms with Gasteiger partial charge in [-0.3, -0.25) is 14.4 Å². The minimum Gasteiger partial charge on any atom is -0.497 e. The SMILES string of the molecule is CCN1CCN(CC(=O)N2N=C(c3ccc(Br)cc3)CC2c2ccc(OC)cc2)C(=O)C1=O. The number of hydrogen-bond donors (Lipinski definition) is 0. The number of amides is 3. The Morgan fingerprint density at radius 2 is 1.67 bits per heavy atom. The Labute approximate surface area is 200 Å². The van der Waals surface area contributed by atoms with Gasteiger partial charge in [0, 0.05) is 30.5 Å². The Morgan fingerprint density at radius 3 is 2.30 bits per heavy atom. The molecule has 2 heterocycles. The highest BCUT2D eigenvalue weighted by atomic mass is 79.9. The average molecular weight is 513 g/mol. The molecule has 2 aliphatic rings. The second-order valence-electron chi connectivity index (χ2n) is 7.90. The summed E-state index contributed by atoms with van der Waals surface area (Å²) in [5.74, 6) is -0.812. The van der Waals surface area contributed by atoms with Crippen molar-refractivity contribution >= 4 is 39.4 Å². The quantitative estimate of drug-likeness (QED) is 0.557. The van der Waals surface area contributed by atoms with Crippen LogP contribution in [0.25, 0.3) is 0 Å². The van der Waals surface area contributed by atoms with Gasteiger partial charge in [-0.2, -0.15) is 5.10 Å². The number of hydrogen-bond acceptors (Lipinski definition) is 5. The average Bonchev–Trinajstić information content (AvgIpc) is 3.28. The molecule has 0 aromatic heterocycles. The molecule has 0 radical (unpaired) electrons. The molecule has 1 saturated heterocycles. The highest BCUT2D eigenvalue weighted by molar-refractivity contribution is 9.10. The number of halogens is 1. The van der Waals surface area contributed by atoms with Gasteiger partial charge in [-0.25, -0.2) is 5.01 Å². The molecule has 172 valence electrons. The van der Waals surface area contributed by atoms with Crippen molar-refractivity contribution in [3.8, 4) is 5.75 Å². The van der Waals surface area contributed by atoms with Crippen LogP contribution in [0.4, 0.5) is 0 Å². The lowest BCUT2D eigenvalue weighted by atomic mass is 9.98. The Balaban J connectivity index is 1.59. The van der Waals surface area contributed by atoms with E-state index in [4.69, 9.17) is 4.74 Å². The number of carbonyl (C=O) groups excluding carboxylic acids is 3. The third-order valence-electron chi connectivity index (χ3n) is 5.95. The molecule has 4 rings (SSSR count). The second kappa shape index (κ2) is 9.74. The molecule has 0 bridgehead atoms. The number of hydrazone groups is 1. The lowest BCUT2D eigenvalue weighted by Gasteiger charge is -2.33. The van der Waals surface area contributed by atoms with Crippen LogP contribution in [0.5, 0.6) is 5.75 Å². The first-order valence-electron chi connectivity index (χ1n) is 10.8. The smallest absolute Gasteiger partial charge is 0.312 e. The molecule has 8 nitrogen and oxygen atoms in total. The summed E-state index contributed by atoms with van der Waals surface area (Å²) in [6.45, 7) is 2.86. The van der Waals surface area contributed by atoms with Gasteiger partial charge in [-0.15, -0.1) is 0 Å². The van der Waals surface area contributed by atoms with Crippen molar-refractivity contribution < 1.29 is 19.1 Å². The first-order valence-corrected chi connectivity index (χ1v) is 11.6. The van der Waals surface area contributed by atoms with Gasteiger partial charge < -0.3 is 14.5 Å². The highest BCUT2D eigenvalue weighted by Gasteiger charge is 2.37. The van der Waals surface area contributed by atoms with E-state index in [-0.39, 0.29) is 18.5 Å². The monoisotopic (exact) mass is 512 g/mol. The van der Waals surface area contributed by atoms with E-state index in [1.54, 1.807) is 7.11 Å². The molecule has 9 heteroatoms. The fourth-order valence-corrected chi connectivity index (χ4v) is 4.31. The minimum atomic E-state index is -0.645. The van der Waals surface area contributed by atoms with E-state index in [1.165, 1.54) is 14.8 Å². The van der Waals surface area contributed by atoms with Gasteiger partial charge in [-0.05, 0) is 42.3 Å². The van der Waals surface area contributed by atoms with Crippen LogP contribution in [0.15, 0.2) is 58.1 Å². The molecule has 2 aliphatic heterocycles. The minimum absolute atomic E-state index is 0.189. The Hall–Kier alpha value is -3.20. The summed E-state index contributed by atoms with van der Waals surface area (Å²) in [5.41, 5.74) is 2.63. The van der Waals surface area contributed by atoms with Crippen molar-refractivity contribution in [1.29, 1.82) is 0 Å². The summed E-state index contributed by atoms with van der Waals surface area (Å²) >= 11 is 3.44. The Morgan fingerprint density at radius 1 is 1.03 bits per heavy atom. The predicted octanol–water partition coefficient (Wildman–Crippen LogP) is 2.83. The van der Waals surface area contributed by atoms with Gasteiger partial charge in [0.05, 0.1) is 18.9 Å². The van der Waals surface area contributed by atoms with Crippen LogP contribution in [0.2, 0.25) is 0 Å². The number of nitrogens with zero attached hydrogens (tertiary/aromatic N) is 4. The number of benzene rings is 2.